The lowest BCUT2D eigenvalue weighted by Crippen LogP contribution is -2.12. The smallest absolute Gasteiger partial charge is 0.265 e. The van der Waals surface area contributed by atoms with E-state index < -0.39 is 10.0 Å². The summed E-state index contributed by atoms with van der Waals surface area (Å²) in [6.45, 7) is 2.45. The van der Waals surface area contributed by atoms with Crippen LogP contribution >= 0.6 is 0 Å². The van der Waals surface area contributed by atoms with Gasteiger partial charge in [-0.2, -0.15) is 5.10 Å². The van der Waals surface area contributed by atoms with Crippen molar-refractivity contribution < 1.29 is 13.2 Å². The van der Waals surface area contributed by atoms with Crippen molar-refractivity contribution >= 4 is 15.7 Å². The zero-order chi connectivity index (χ0) is 13.0. The summed E-state index contributed by atoms with van der Waals surface area (Å²) in [6, 6.07) is 6.69. The van der Waals surface area contributed by atoms with Crippen LogP contribution in [0.15, 0.2) is 41.6 Å². The van der Waals surface area contributed by atoms with Crippen molar-refractivity contribution in [1.82, 2.24) is 10.2 Å². The minimum absolute atomic E-state index is 0.0939. The number of rotatable bonds is 5. The van der Waals surface area contributed by atoms with Crippen LogP contribution < -0.4 is 9.46 Å². The predicted molar refractivity (Wildman–Crippen MR) is 67.0 cm³/mol. The fourth-order valence-electron chi connectivity index (χ4n) is 1.39. The Bertz CT molecular complexity index is 591. The van der Waals surface area contributed by atoms with Gasteiger partial charge in [-0.3, -0.25) is 9.82 Å². The molecule has 0 bridgehead atoms. The number of ether oxygens (including phenoxy) is 1. The zero-order valence-electron chi connectivity index (χ0n) is 9.75. The van der Waals surface area contributed by atoms with Gasteiger partial charge in [-0.05, 0) is 31.2 Å². The molecule has 0 fully saturated rings. The van der Waals surface area contributed by atoms with Crippen LogP contribution in [0, 0.1) is 0 Å². The van der Waals surface area contributed by atoms with Crippen LogP contribution in [0.3, 0.4) is 0 Å². The Morgan fingerprint density at radius 1 is 1.33 bits per heavy atom. The summed E-state index contributed by atoms with van der Waals surface area (Å²) in [4.78, 5) is 0.0939. The third-order valence-electron chi connectivity index (χ3n) is 2.20. The third kappa shape index (κ3) is 2.80. The molecule has 18 heavy (non-hydrogen) atoms. The second-order valence-corrected chi connectivity index (χ2v) is 5.18. The van der Waals surface area contributed by atoms with Crippen LogP contribution in [0.4, 0.5) is 5.69 Å². The molecule has 0 atom stereocenters. The minimum atomic E-state index is -3.58. The van der Waals surface area contributed by atoms with Gasteiger partial charge in [-0.1, -0.05) is 0 Å². The molecule has 0 aliphatic carbocycles. The van der Waals surface area contributed by atoms with Gasteiger partial charge in [-0.25, -0.2) is 8.42 Å². The van der Waals surface area contributed by atoms with Gasteiger partial charge in [0.25, 0.3) is 10.0 Å². The number of nitrogens with one attached hydrogen (secondary N) is 2. The van der Waals surface area contributed by atoms with Crippen LogP contribution in [0.5, 0.6) is 5.75 Å². The molecule has 0 unspecified atom stereocenters. The molecule has 2 rings (SSSR count). The quantitative estimate of drug-likeness (QED) is 0.862. The molecule has 0 saturated heterocycles. The first-order chi connectivity index (χ1) is 8.62. The number of H-pyrrole nitrogens is 1. The minimum Gasteiger partial charge on any atom is -0.494 e. The van der Waals surface area contributed by atoms with Gasteiger partial charge in [0.15, 0.2) is 0 Å². The fraction of sp³-hybridized carbons (Fsp3) is 0.182. The molecule has 0 aliphatic heterocycles. The Hall–Kier alpha value is -2.02. The van der Waals surface area contributed by atoms with E-state index in [9.17, 15) is 8.42 Å². The summed E-state index contributed by atoms with van der Waals surface area (Å²) in [5, 5.41) is 6.06. The summed E-state index contributed by atoms with van der Waals surface area (Å²) < 4.78 is 31.5. The molecule has 96 valence electrons. The van der Waals surface area contributed by atoms with Gasteiger partial charge in [0.2, 0.25) is 0 Å². The topological polar surface area (TPSA) is 84.1 Å². The largest absolute Gasteiger partial charge is 0.494 e. The first-order valence-corrected chi connectivity index (χ1v) is 6.84. The van der Waals surface area contributed by atoms with Crippen LogP contribution in [0.2, 0.25) is 0 Å². The fourth-order valence-corrected chi connectivity index (χ4v) is 2.35. The summed E-state index contributed by atoms with van der Waals surface area (Å²) in [7, 11) is -3.58. The predicted octanol–water partition coefficient (Wildman–Crippen LogP) is 1.61. The van der Waals surface area contributed by atoms with Gasteiger partial charge in [-0.15, -0.1) is 0 Å². The SMILES string of the molecule is CCOc1ccc(NS(=O)(=O)c2cn[nH]c2)cc1. The molecule has 1 aromatic carbocycles. The van der Waals surface area contributed by atoms with Gasteiger partial charge in [0, 0.05) is 11.9 Å². The lowest BCUT2D eigenvalue weighted by Gasteiger charge is -2.07. The van der Waals surface area contributed by atoms with Crippen LogP contribution in [0.1, 0.15) is 6.92 Å². The zero-order valence-corrected chi connectivity index (χ0v) is 10.6. The van der Waals surface area contributed by atoms with Gasteiger partial charge < -0.3 is 4.74 Å². The molecule has 0 radical (unpaired) electrons. The molecule has 2 aromatic rings. The molecule has 0 spiro atoms. The average molecular weight is 267 g/mol. The molecule has 2 N–H and O–H groups in total. The molecule has 0 saturated carbocycles. The number of benzene rings is 1. The maximum atomic E-state index is 11.9. The summed E-state index contributed by atoms with van der Waals surface area (Å²) >= 11 is 0. The molecular weight excluding hydrogens is 254 g/mol. The van der Waals surface area contributed by atoms with E-state index in [1.807, 2.05) is 6.92 Å². The van der Waals surface area contributed by atoms with Crippen molar-refractivity contribution in [2.45, 2.75) is 11.8 Å². The molecule has 0 amide bonds. The lowest BCUT2D eigenvalue weighted by atomic mass is 10.3. The van der Waals surface area contributed by atoms with Crippen LogP contribution in [-0.2, 0) is 10.0 Å². The first kappa shape index (κ1) is 12.4. The van der Waals surface area contributed by atoms with Gasteiger partial charge in [0.05, 0.1) is 12.8 Å². The number of nitrogens with zero attached hydrogens (tertiary/aromatic N) is 1. The average Bonchev–Trinajstić information content (AvgIpc) is 2.86. The highest BCUT2D eigenvalue weighted by atomic mass is 32.2. The van der Waals surface area contributed by atoms with E-state index in [4.69, 9.17) is 4.74 Å². The first-order valence-electron chi connectivity index (χ1n) is 5.36. The highest BCUT2D eigenvalue weighted by molar-refractivity contribution is 7.92. The number of sulfonamides is 1. The highest BCUT2D eigenvalue weighted by Gasteiger charge is 2.14. The Morgan fingerprint density at radius 2 is 2.06 bits per heavy atom. The van der Waals surface area contributed by atoms with E-state index in [1.165, 1.54) is 12.4 Å². The Balaban J connectivity index is 2.14. The summed E-state index contributed by atoms with van der Waals surface area (Å²) in [5.41, 5.74) is 0.472. The van der Waals surface area contributed by atoms with Crippen molar-refractivity contribution in [2.75, 3.05) is 11.3 Å². The highest BCUT2D eigenvalue weighted by Crippen LogP contribution is 2.18. The van der Waals surface area contributed by atoms with Crippen molar-refractivity contribution in [2.24, 2.45) is 0 Å². The number of hydrogen-bond donors (Lipinski definition) is 2. The normalized spacial score (nSPS) is 11.2. The number of aromatic nitrogens is 2. The van der Waals surface area contributed by atoms with Crippen molar-refractivity contribution in [3.8, 4) is 5.75 Å². The monoisotopic (exact) mass is 267 g/mol. The molecule has 1 heterocycles. The molecular formula is C11H13N3O3S. The van der Waals surface area contributed by atoms with E-state index in [-0.39, 0.29) is 4.90 Å². The number of anilines is 1. The maximum absolute atomic E-state index is 11.9. The van der Waals surface area contributed by atoms with Crippen LogP contribution in [0.25, 0.3) is 0 Å². The van der Waals surface area contributed by atoms with E-state index in [1.54, 1.807) is 24.3 Å². The van der Waals surface area contributed by atoms with E-state index in [0.717, 1.165) is 0 Å². The summed E-state index contributed by atoms with van der Waals surface area (Å²) in [6.07, 6.45) is 2.56. The van der Waals surface area contributed by atoms with Gasteiger partial charge >= 0.3 is 0 Å². The molecule has 1 aromatic heterocycles. The van der Waals surface area contributed by atoms with Gasteiger partial charge in [0.1, 0.15) is 10.6 Å². The second-order valence-electron chi connectivity index (χ2n) is 3.50. The molecule has 6 nitrogen and oxygen atoms in total. The van der Waals surface area contributed by atoms with Crippen molar-refractivity contribution in [1.29, 1.82) is 0 Å². The van der Waals surface area contributed by atoms with E-state index in [0.29, 0.717) is 18.0 Å². The Kier molecular flexibility index (Phi) is 3.52. The van der Waals surface area contributed by atoms with E-state index >= 15 is 0 Å². The summed E-state index contributed by atoms with van der Waals surface area (Å²) in [5.74, 6) is 0.698. The Labute approximate surface area is 105 Å². The van der Waals surface area contributed by atoms with Crippen molar-refractivity contribution in [3.63, 3.8) is 0 Å². The molecule has 0 aliphatic rings. The lowest BCUT2D eigenvalue weighted by molar-refractivity contribution is 0.340. The molecule has 7 heteroatoms. The number of aromatic amines is 1. The van der Waals surface area contributed by atoms with Crippen LogP contribution in [-0.4, -0.2) is 25.2 Å². The Morgan fingerprint density at radius 3 is 2.61 bits per heavy atom. The standard InChI is InChI=1S/C11H13N3O3S/c1-2-17-10-5-3-9(4-6-10)14-18(15,16)11-7-12-13-8-11/h3-8,14H,2H2,1H3,(H,12,13). The number of hydrogen-bond acceptors (Lipinski definition) is 4. The van der Waals surface area contributed by atoms with Crippen molar-refractivity contribution in [3.05, 3.63) is 36.7 Å². The maximum Gasteiger partial charge on any atom is 0.265 e. The second kappa shape index (κ2) is 5.09. The third-order valence-corrected chi connectivity index (χ3v) is 3.55. The van der Waals surface area contributed by atoms with E-state index in [2.05, 4.69) is 14.9 Å².